The molecule has 1 aliphatic heterocycles. The molecule has 29 heavy (non-hydrogen) atoms. The van der Waals surface area contributed by atoms with Crippen molar-refractivity contribution >= 4 is 30.2 Å². The Morgan fingerprint density at radius 1 is 1.14 bits per heavy atom. The minimum Gasteiger partial charge on any atom is -0.480 e. The molecule has 0 saturated carbocycles. The summed E-state index contributed by atoms with van der Waals surface area (Å²) in [6.45, 7) is 3.75. The molecule has 0 atom stereocenters. The van der Waals surface area contributed by atoms with Gasteiger partial charge in [-0.25, -0.2) is 0 Å². The van der Waals surface area contributed by atoms with Crippen molar-refractivity contribution in [2.45, 2.75) is 45.1 Å². The molecule has 1 aliphatic rings. The molecule has 0 aromatic heterocycles. The molecule has 2 N–H and O–H groups in total. The number of aryl methyl sites for hydroxylation is 1. The van der Waals surface area contributed by atoms with Gasteiger partial charge in [-0.05, 0) is 37.8 Å². The second kappa shape index (κ2) is 13.2. The second-order valence-corrected chi connectivity index (χ2v) is 7.31. The lowest BCUT2D eigenvalue weighted by molar-refractivity contribution is -0.140. The van der Waals surface area contributed by atoms with Gasteiger partial charge in [-0.3, -0.25) is 19.3 Å². The number of likely N-dealkylation sites (tertiary alicyclic amines) is 1. The monoisotopic (exact) mass is 425 g/mol. The summed E-state index contributed by atoms with van der Waals surface area (Å²) in [5.74, 6) is -0.911. The maximum absolute atomic E-state index is 12.5. The van der Waals surface area contributed by atoms with Crippen LogP contribution in [0, 0.1) is 0 Å². The van der Waals surface area contributed by atoms with Gasteiger partial charge in [0.05, 0.1) is 13.1 Å². The highest BCUT2D eigenvalue weighted by atomic mass is 35.5. The third kappa shape index (κ3) is 9.28. The van der Waals surface area contributed by atoms with E-state index in [2.05, 4.69) is 5.32 Å². The highest BCUT2D eigenvalue weighted by Gasteiger charge is 2.25. The van der Waals surface area contributed by atoms with E-state index in [1.807, 2.05) is 37.3 Å². The van der Waals surface area contributed by atoms with Crippen LogP contribution in [0.3, 0.4) is 0 Å². The Labute approximate surface area is 178 Å². The van der Waals surface area contributed by atoms with E-state index < -0.39 is 5.97 Å². The van der Waals surface area contributed by atoms with Crippen molar-refractivity contribution in [1.82, 2.24) is 15.1 Å². The van der Waals surface area contributed by atoms with Crippen LogP contribution >= 0.6 is 12.4 Å². The van der Waals surface area contributed by atoms with Gasteiger partial charge in [0.2, 0.25) is 11.8 Å². The summed E-state index contributed by atoms with van der Waals surface area (Å²) in [6, 6.07) is 10.0. The average molecular weight is 426 g/mol. The normalized spacial score (nSPS) is 14.3. The molecule has 7 nitrogen and oxygen atoms in total. The number of aliphatic carboxylic acids is 1. The lowest BCUT2D eigenvalue weighted by Gasteiger charge is -2.33. The van der Waals surface area contributed by atoms with Crippen LogP contribution in [0.25, 0.3) is 0 Å². The van der Waals surface area contributed by atoms with Crippen LogP contribution in [-0.4, -0.2) is 71.5 Å². The summed E-state index contributed by atoms with van der Waals surface area (Å²) in [5, 5.41) is 12.0. The Bertz CT molecular complexity index is 649. The van der Waals surface area contributed by atoms with Crippen LogP contribution in [0.5, 0.6) is 0 Å². The van der Waals surface area contributed by atoms with Gasteiger partial charge < -0.3 is 15.3 Å². The first kappa shape index (κ1) is 24.9. The van der Waals surface area contributed by atoms with Crippen LogP contribution in [-0.2, 0) is 20.8 Å². The molecule has 0 aliphatic carbocycles. The number of hydrogen-bond acceptors (Lipinski definition) is 4. The van der Waals surface area contributed by atoms with E-state index in [-0.39, 0.29) is 43.4 Å². The van der Waals surface area contributed by atoms with Crippen LogP contribution < -0.4 is 5.32 Å². The number of rotatable bonds is 10. The second-order valence-electron chi connectivity index (χ2n) is 7.31. The zero-order valence-electron chi connectivity index (χ0n) is 17.0. The highest BCUT2D eigenvalue weighted by molar-refractivity contribution is 5.85. The number of benzene rings is 1. The fourth-order valence-electron chi connectivity index (χ4n) is 3.49. The fourth-order valence-corrected chi connectivity index (χ4v) is 3.49. The van der Waals surface area contributed by atoms with Gasteiger partial charge >= 0.3 is 5.97 Å². The Morgan fingerprint density at radius 3 is 2.38 bits per heavy atom. The fraction of sp³-hybridized carbons (Fsp3) is 0.571. The molecule has 0 spiro atoms. The van der Waals surface area contributed by atoms with Crippen molar-refractivity contribution in [3.63, 3.8) is 0 Å². The summed E-state index contributed by atoms with van der Waals surface area (Å²) in [6.07, 6.45) is 3.45. The standard InChI is InChI=1S/C21H31N3O4.ClH/c1-2-12-23(16-21(27)28)15-20(26)24-13-10-18(11-14-24)22-19(25)9-8-17-6-4-3-5-7-17;/h3-7,18H,2,8-16H2,1H3,(H,22,25)(H,27,28);1H. The molecule has 8 heteroatoms. The number of nitrogens with zero attached hydrogens (tertiary/aromatic N) is 2. The molecular formula is C21H32ClN3O4. The molecule has 162 valence electrons. The zero-order chi connectivity index (χ0) is 20.4. The number of halogens is 1. The van der Waals surface area contributed by atoms with E-state index >= 15 is 0 Å². The number of piperidine rings is 1. The number of carbonyl (C=O) groups excluding carboxylic acids is 2. The van der Waals surface area contributed by atoms with Gasteiger partial charge in [0.15, 0.2) is 0 Å². The van der Waals surface area contributed by atoms with Crippen molar-refractivity contribution < 1.29 is 19.5 Å². The van der Waals surface area contributed by atoms with Gasteiger partial charge in [-0.2, -0.15) is 0 Å². The number of carbonyl (C=O) groups is 3. The van der Waals surface area contributed by atoms with E-state index in [0.29, 0.717) is 26.1 Å². The molecule has 0 bridgehead atoms. The third-order valence-corrected chi connectivity index (χ3v) is 4.95. The molecule has 2 rings (SSSR count). The summed E-state index contributed by atoms with van der Waals surface area (Å²) in [5.41, 5.74) is 1.15. The largest absolute Gasteiger partial charge is 0.480 e. The predicted octanol–water partition coefficient (Wildman–Crippen LogP) is 1.94. The van der Waals surface area contributed by atoms with Gasteiger partial charge in [0.1, 0.15) is 0 Å². The van der Waals surface area contributed by atoms with Gasteiger partial charge in [0.25, 0.3) is 0 Å². The van der Waals surface area contributed by atoms with Crippen molar-refractivity contribution in [2.75, 3.05) is 32.7 Å². The topological polar surface area (TPSA) is 90.0 Å². The molecule has 2 amide bonds. The number of nitrogens with one attached hydrogen (secondary N) is 1. The van der Waals surface area contributed by atoms with Crippen molar-refractivity contribution in [3.8, 4) is 0 Å². The molecule has 0 unspecified atom stereocenters. The Kier molecular flexibility index (Phi) is 11.3. The van der Waals surface area contributed by atoms with Crippen molar-refractivity contribution in [3.05, 3.63) is 35.9 Å². The SMILES string of the molecule is CCCN(CC(=O)O)CC(=O)N1CCC(NC(=O)CCc2ccccc2)CC1.Cl. The quantitative estimate of drug-likeness (QED) is 0.598. The summed E-state index contributed by atoms with van der Waals surface area (Å²) < 4.78 is 0. The molecule has 1 aromatic carbocycles. The van der Waals surface area contributed by atoms with E-state index in [9.17, 15) is 14.4 Å². The molecular weight excluding hydrogens is 394 g/mol. The Hall–Kier alpha value is -2.12. The number of hydrogen-bond donors (Lipinski definition) is 2. The minimum absolute atomic E-state index is 0. The summed E-state index contributed by atoms with van der Waals surface area (Å²) in [7, 11) is 0. The summed E-state index contributed by atoms with van der Waals surface area (Å²) >= 11 is 0. The highest BCUT2D eigenvalue weighted by Crippen LogP contribution is 2.12. The first-order chi connectivity index (χ1) is 13.5. The van der Waals surface area contributed by atoms with E-state index in [4.69, 9.17) is 5.11 Å². The maximum Gasteiger partial charge on any atom is 0.317 e. The number of carboxylic acids is 1. The smallest absolute Gasteiger partial charge is 0.317 e. The average Bonchev–Trinajstić information content (AvgIpc) is 2.67. The van der Waals surface area contributed by atoms with Crippen LogP contribution in [0.4, 0.5) is 0 Å². The lowest BCUT2D eigenvalue weighted by atomic mass is 10.0. The molecule has 1 saturated heterocycles. The number of amides is 2. The van der Waals surface area contributed by atoms with Gasteiger partial charge in [0, 0.05) is 25.6 Å². The Balaban J connectivity index is 0.00000420. The van der Waals surface area contributed by atoms with Gasteiger partial charge in [-0.1, -0.05) is 37.3 Å². The van der Waals surface area contributed by atoms with Crippen LogP contribution in [0.1, 0.15) is 38.2 Å². The molecule has 1 fully saturated rings. The molecule has 1 heterocycles. The van der Waals surface area contributed by atoms with Crippen molar-refractivity contribution in [2.24, 2.45) is 0 Å². The summed E-state index contributed by atoms with van der Waals surface area (Å²) in [4.78, 5) is 39.0. The first-order valence-electron chi connectivity index (χ1n) is 10.0. The Morgan fingerprint density at radius 2 is 1.79 bits per heavy atom. The predicted molar refractivity (Wildman–Crippen MR) is 114 cm³/mol. The van der Waals surface area contributed by atoms with Crippen LogP contribution in [0.15, 0.2) is 30.3 Å². The minimum atomic E-state index is -0.918. The van der Waals surface area contributed by atoms with Crippen LogP contribution in [0.2, 0.25) is 0 Å². The van der Waals surface area contributed by atoms with E-state index in [1.165, 1.54) is 0 Å². The third-order valence-electron chi connectivity index (χ3n) is 4.95. The zero-order valence-corrected chi connectivity index (χ0v) is 17.8. The lowest BCUT2D eigenvalue weighted by Crippen LogP contribution is -2.49. The molecule has 0 radical (unpaired) electrons. The molecule has 1 aromatic rings. The first-order valence-corrected chi connectivity index (χ1v) is 10.0. The van der Waals surface area contributed by atoms with Crippen molar-refractivity contribution in [1.29, 1.82) is 0 Å². The van der Waals surface area contributed by atoms with E-state index in [0.717, 1.165) is 31.2 Å². The maximum atomic E-state index is 12.5. The number of carboxylic acid groups (broad SMARTS) is 1. The van der Waals surface area contributed by atoms with Gasteiger partial charge in [-0.15, -0.1) is 12.4 Å². The van der Waals surface area contributed by atoms with E-state index in [1.54, 1.807) is 9.80 Å².